The Morgan fingerprint density at radius 3 is 2.56 bits per heavy atom. The lowest BCUT2D eigenvalue weighted by Crippen LogP contribution is -2.60. The van der Waals surface area contributed by atoms with Crippen LogP contribution in [0.3, 0.4) is 0 Å². The van der Waals surface area contributed by atoms with Crippen molar-refractivity contribution in [3.8, 4) is 6.07 Å². The number of nitrogens with zero attached hydrogens (tertiary/aromatic N) is 4. The molecule has 0 saturated carbocycles. The zero-order valence-electron chi connectivity index (χ0n) is 18.8. The first kappa shape index (κ1) is 23.8. The quantitative estimate of drug-likeness (QED) is 0.706. The van der Waals surface area contributed by atoms with Crippen LogP contribution >= 0.6 is 0 Å². The molecule has 2 fully saturated rings. The fourth-order valence-electron chi connectivity index (χ4n) is 4.84. The minimum absolute atomic E-state index is 0.362. The van der Waals surface area contributed by atoms with Crippen molar-refractivity contribution in [2.75, 3.05) is 26.2 Å². The van der Waals surface area contributed by atoms with E-state index in [1.165, 1.54) is 6.20 Å². The normalized spacial score (nSPS) is 22.2. The lowest BCUT2D eigenvalue weighted by molar-refractivity contribution is -0.139. The Morgan fingerprint density at radius 2 is 1.85 bits per heavy atom. The molecule has 1 aromatic carbocycles. The molecular formula is C25H27F2N5O2. The molecule has 34 heavy (non-hydrogen) atoms. The largest absolute Gasteiger partial charge is 0.343 e. The SMILES string of the molecule is N#C[C@]1(N2CCCCC2)CC(F)(F)CN1C(=O)CNC(=O)c1ccncc1Cc1ccccc1. The summed E-state index contributed by atoms with van der Waals surface area (Å²) in [6.07, 6.45) is 5.40. The molecule has 1 N–H and O–H groups in total. The first-order valence-corrected chi connectivity index (χ1v) is 11.4. The van der Waals surface area contributed by atoms with Crippen molar-refractivity contribution in [1.29, 1.82) is 5.26 Å². The number of pyridine rings is 1. The molecule has 178 valence electrons. The summed E-state index contributed by atoms with van der Waals surface area (Å²) in [7, 11) is 0. The van der Waals surface area contributed by atoms with Gasteiger partial charge in [0.05, 0.1) is 19.5 Å². The number of likely N-dealkylation sites (tertiary alicyclic amines) is 2. The number of rotatable bonds is 6. The number of alkyl halides is 2. The van der Waals surface area contributed by atoms with Crippen LogP contribution in [-0.4, -0.2) is 64.4 Å². The molecule has 1 atom stereocenters. The highest BCUT2D eigenvalue weighted by Crippen LogP contribution is 2.42. The number of piperidine rings is 1. The van der Waals surface area contributed by atoms with Crippen LogP contribution in [0.2, 0.25) is 0 Å². The lowest BCUT2D eigenvalue weighted by atomic mass is 10.0. The number of hydrogen-bond donors (Lipinski definition) is 1. The highest BCUT2D eigenvalue weighted by atomic mass is 19.3. The standard InChI is InChI=1S/C25H27F2N5O2/c26-24(27)16-25(17-28,31-11-5-2-6-12-31)32(18-24)22(33)15-30-23(34)21-9-10-29-14-20(21)13-19-7-3-1-4-8-19/h1,3-4,7-10,14H,2,5-6,11-13,15-16,18H2,(H,30,34)/t25-/m0/s1. The van der Waals surface area contributed by atoms with Gasteiger partial charge in [0, 0.05) is 31.0 Å². The summed E-state index contributed by atoms with van der Waals surface area (Å²) in [4.78, 5) is 32.7. The van der Waals surface area contributed by atoms with Crippen molar-refractivity contribution in [2.45, 2.75) is 43.7 Å². The Morgan fingerprint density at radius 1 is 1.12 bits per heavy atom. The Labute approximate surface area is 197 Å². The predicted octanol–water partition coefficient (Wildman–Crippen LogP) is 2.98. The second-order valence-electron chi connectivity index (χ2n) is 8.87. The third-order valence-corrected chi connectivity index (χ3v) is 6.49. The van der Waals surface area contributed by atoms with Crippen molar-refractivity contribution < 1.29 is 18.4 Å². The molecule has 4 rings (SSSR count). The number of halogens is 2. The first-order valence-electron chi connectivity index (χ1n) is 11.4. The zero-order chi connectivity index (χ0) is 24.2. The Hall–Kier alpha value is -3.38. The van der Waals surface area contributed by atoms with E-state index in [0.717, 1.165) is 29.7 Å². The van der Waals surface area contributed by atoms with Crippen molar-refractivity contribution in [2.24, 2.45) is 0 Å². The molecular weight excluding hydrogens is 440 g/mol. The molecule has 2 saturated heterocycles. The molecule has 0 radical (unpaired) electrons. The van der Waals surface area contributed by atoms with E-state index in [9.17, 15) is 23.6 Å². The fraction of sp³-hybridized carbons (Fsp3) is 0.440. The van der Waals surface area contributed by atoms with E-state index in [4.69, 9.17) is 0 Å². The van der Waals surface area contributed by atoms with Crippen LogP contribution in [0.15, 0.2) is 48.8 Å². The Bertz CT molecular complexity index is 1080. The number of hydrogen-bond acceptors (Lipinski definition) is 5. The van der Waals surface area contributed by atoms with E-state index in [-0.39, 0.29) is 0 Å². The minimum Gasteiger partial charge on any atom is -0.343 e. The second kappa shape index (κ2) is 9.85. The molecule has 0 bridgehead atoms. The first-order chi connectivity index (χ1) is 16.3. The van der Waals surface area contributed by atoms with E-state index in [1.807, 2.05) is 36.4 Å². The fourth-order valence-corrected chi connectivity index (χ4v) is 4.84. The monoisotopic (exact) mass is 467 g/mol. The summed E-state index contributed by atoms with van der Waals surface area (Å²) in [6.45, 7) is -0.334. The molecule has 9 heteroatoms. The number of amides is 2. The zero-order valence-corrected chi connectivity index (χ0v) is 18.8. The van der Waals surface area contributed by atoms with Crippen molar-refractivity contribution in [3.05, 3.63) is 65.5 Å². The number of aromatic nitrogens is 1. The van der Waals surface area contributed by atoms with Gasteiger partial charge >= 0.3 is 0 Å². The van der Waals surface area contributed by atoms with Crippen LogP contribution in [0.5, 0.6) is 0 Å². The molecule has 2 aliphatic rings. The average Bonchev–Trinajstić information content (AvgIpc) is 3.15. The van der Waals surface area contributed by atoms with Crippen LogP contribution in [0.4, 0.5) is 8.78 Å². The van der Waals surface area contributed by atoms with E-state index in [0.29, 0.717) is 30.6 Å². The van der Waals surface area contributed by atoms with Gasteiger partial charge in [0.25, 0.3) is 11.8 Å². The number of benzene rings is 1. The Balaban J connectivity index is 1.48. The second-order valence-corrected chi connectivity index (χ2v) is 8.87. The number of carbonyl (C=O) groups excluding carboxylic acids is 2. The van der Waals surface area contributed by atoms with Crippen LogP contribution < -0.4 is 5.32 Å². The van der Waals surface area contributed by atoms with Crippen molar-refractivity contribution >= 4 is 11.8 Å². The van der Waals surface area contributed by atoms with Crippen molar-refractivity contribution in [1.82, 2.24) is 20.1 Å². The molecule has 7 nitrogen and oxygen atoms in total. The van der Waals surface area contributed by atoms with E-state index < -0.39 is 42.9 Å². The summed E-state index contributed by atoms with van der Waals surface area (Å²) >= 11 is 0. The van der Waals surface area contributed by atoms with Crippen LogP contribution in [0.25, 0.3) is 0 Å². The molecule has 1 aromatic heterocycles. The summed E-state index contributed by atoms with van der Waals surface area (Å²) in [5.74, 6) is -4.36. The van der Waals surface area contributed by atoms with E-state index in [2.05, 4.69) is 10.3 Å². The maximum Gasteiger partial charge on any atom is 0.270 e. The number of carbonyl (C=O) groups is 2. The van der Waals surface area contributed by atoms with Gasteiger partial charge in [-0.3, -0.25) is 19.5 Å². The van der Waals surface area contributed by atoms with Gasteiger partial charge in [0.15, 0.2) is 5.66 Å². The molecule has 2 amide bonds. The number of nitriles is 1. The topological polar surface area (TPSA) is 89.3 Å². The van der Waals surface area contributed by atoms with Crippen LogP contribution in [0.1, 0.15) is 47.2 Å². The third kappa shape index (κ3) is 4.92. The summed E-state index contributed by atoms with van der Waals surface area (Å²) in [5, 5.41) is 12.5. The highest BCUT2D eigenvalue weighted by molar-refractivity contribution is 5.97. The van der Waals surface area contributed by atoms with Gasteiger partial charge in [0.1, 0.15) is 6.07 Å². The Kier molecular flexibility index (Phi) is 6.89. The molecule has 0 unspecified atom stereocenters. The molecule has 2 aromatic rings. The minimum atomic E-state index is -3.17. The van der Waals surface area contributed by atoms with Crippen molar-refractivity contribution in [3.63, 3.8) is 0 Å². The van der Waals surface area contributed by atoms with Gasteiger partial charge in [-0.15, -0.1) is 0 Å². The highest BCUT2D eigenvalue weighted by Gasteiger charge is 2.60. The van der Waals surface area contributed by atoms with E-state index >= 15 is 0 Å². The van der Waals surface area contributed by atoms with Gasteiger partial charge in [-0.25, -0.2) is 8.78 Å². The average molecular weight is 468 g/mol. The molecule has 2 aliphatic heterocycles. The molecule has 0 spiro atoms. The summed E-state index contributed by atoms with van der Waals surface area (Å²) < 4.78 is 28.9. The van der Waals surface area contributed by atoms with Gasteiger partial charge in [-0.05, 0) is 36.5 Å². The van der Waals surface area contributed by atoms with Gasteiger partial charge in [0.2, 0.25) is 5.91 Å². The summed E-state index contributed by atoms with van der Waals surface area (Å²) in [5.41, 5.74) is 0.355. The van der Waals surface area contributed by atoms with Gasteiger partial charge < -0.3 is 10.2 Å². The maximum atomic E-state index is 14.4. The number of nitrogens with one attached hydrogen (secondary N) is 1. The third-order valence-electron chi connectivity index (χ3n) is 6.49. The molecule has 0 aliphatic carbocycles. The molecule has 3 heterocycles. The lowest BCUT2D eigenvalue weighted by Gasteiger charge is -2.43. The maximum absolute atomic E-state index is 14.4. The van der Waals surface area contributed by atoms with Crippen LogP contribution in [-0.2, 0) is 11.2 Å². The van der Waals surface area contributed by atoms with Crippen LogP contribution in [0, 0.1) is 11.3 Å². The van der Waals surface area contributed by atoms with E-state index in [1.54, 1.807) is 17.2 Å². The predicted molar refractivity (Wildman–Crippen MR) is 121 cm³/mol. The summed E-state index contributed by atoms with van der Waals surface area (Å²) in [6, 6.07) is 13.2. The smallest absolute Gasteiger partial charge is 0.270 e. The van der Waals surface area contributed by atoms with Gasteiger partial charge in [-0.2, -0.15) is 5.26 Å². The van der Waals surface area contributed by atoms with Gasteiger partial charge in [-0.1, -0.05) is 36.8 Å².